The summed E-state index contributed by atoms with van der Waals surface area (Å²) in [7, 11) is 0. The van der Waals surface area contributed by atoms with Gasteiger partial charge in [0.2, 0.25) is 0 Å². The summed E-state index contributed by atoms with van der Waals surface area (Å²) in [5, 5.41) is 0. The van der Waals surface area contributed by atoms with Crippen LogP contribution in [0.2, 0.25) is 0 Å². The molecule has 68 valence electrons. The van der Waals surface area contributed by atoms with E-state index in [-0.39, 0.29) is 0 Å². The van der Waals surface area contributed by atoms with E-state index in [0.29, 0.717) is 0 Å². The van der Waals surface area contributed by atoms with Gasteiger partial charge in [-0.2, -0.15) is 0 Å². The minimum atomic E-state index is 0.864. The van der Waals surface area contributed by atoms with E-state index < -0.39 is 0 Å². The second kappa shape index (κ2) is 8.06. The van der Waals surface area contributed by atoms with Crippen molar-refractivity contribution in [1.29, 1.82) is 0 Å². The minimum absolute atomic E-state index is 0.864. The predicted molar refractivity (Wildman–Crippen MR) is 51.6 cm³/mol. The maximum Gasteiger partial charge on any atom is -0.00772 e. The summed E-state index contributed by atoms with van der Waals surface area (Å²) < 4.78 is 0. The highest BCUT2D eigenvalue weighted by Crippen LogP contribution is 2.17. The smallest absolute Gasteiger partial charge is 0.00772 e. The van der Waals surface area contributed by atoms with Crippen LogP contribution in [-0.4, -0.2) is 6.54 Å². The van der Waals surface area contributed by atoms with Crippen molar-refractivity contribution in [2.45, 2.75) is 52.4 Å². The number of unbranched alkanes of at least 4 members (excludes halogenated alkanes) is 1. The molecule has 0 amide bonds. The number of rotatable bonds is 7. The fourth-order valence-corrected chi connectivity index (χ4v) is 1.45. The van der Waals surface area contributed by atoms with Gasteiger partial charge in [0.15, 0.2) is 0 Å². The molecule has 1 nitrogen and oxygen atoms in total. The van der Waals surface area contributed by atoms with Crippen LogP contribution in [0.3, 0.4) is 0 Å². The van der Waals surface area contributed by atoms with Crippen LogP contribution < -0.4 is 5.73 Å². The Morgan fingerprint density at radius 2 is 1.73 bits per heavy atom. The summed E-state index contributed by atoms with van der Waals surface area (Å²) in [5.74, 6) is 0.943. The summed E-state index contributed by atoms with van der Waals surface area (Å²) in [4.78, 5) is 0. The second-order valence-electron chi connectivity index (χ2n) is 3.35. The van der Waals surface area contributed by atoms with Crippen molar-refractivity contribution in [3.05, 3.63) is 0 Å². The molecule has 0 aliphatic carbocycles. The zero-order valence-corrected chi connectivity index (χ0v) is 8.10. The fourth-order valence-electron chi connectivity index (χ4n) is 1.45. The Balaban J connectivity index is 3.25. The molecule has 0 aromatic rings. The van der Waals surface area contributed by atoms with Crippen LogP contribution in [0.5, 0.6) is 0 Å². The highest BCUT2D eigenvalue weighted by atomic mass is 14.5. The molecule has 0 aromatic heterocycles. The third kappa shape index (κ3) is 6.36. The van der Waals surface area contributed by atoms with Crippen molar-refractivity contribution in [2.24, 2.45) is 11.7 Å². The molecule has 1 heteroatoms. The Labute approximate surface area is 71.4 Å². The van der Waals surface area contributed by atoms with Gasteiger partial charge >= 0.3 is 0 Å². The van der Waals surface area contributed by atoms with Gasteiger partial charge in [-0.25, -0.2) is 0 Å². The monoisotopic (exact) mass is 157 g/mol. The van der Waals surface area contributed by atoms with Gasteiger partial charge in [0.05, 0.1) is 0 Å². The van der Waals surface area contributed by atoms with E-state index in [2.05, 4.69) is 13.8 Å². The van der Waals surface area contributed by atoms with E-state index in [0.717, 1.165) is 12.5 Å². The van der Waals surface area contributed by atoms with Crippen LogP contribution >= 0.6 is 0 Å². The van der Waals surface area contributed by atoms with Gasteiger partial charge in [-0.3, -0.25) is 0 Å². The van der Waals surface area contributed by atoms with Crippen LogP contribution in [0.4, 0.5) is 0 Å². The van der Waals surface area contributed by atoms with E-state index in [1.165, 1.54) is 38.5 Å². The molecule has 0 bridgehead atoms. The van der Waals surface area contributed by atoms with Gasteiger partial charge in [-0.15, -0.1) is 0 Å². The first-order valence-electron chi connectivity index (χ1n) is 5.05. The number of nitrogens with two attached hydrogens (primary N) is 1. The molecule has 2 N–H and O–H groups in total. The maximum absolute atomic E-state index is 5.46. The molecule has 0 heterocycles. The lowest BCUT2D eigenvalue weighted by Crippen LogP contribution is -2.04. The molecule has 0 saturated carbocycles. The first-order valence-corrected chi connectivity index (χ1v) is 5.05. The molecule has 0 radical (unpaired) electrons. The van der Waals surface area contributed by atoms with Gasteiger partial charge in [-0.05, 0) is 25.3 Å². The molecule has 0 unspecified atom stereocenters. The first kappa shape index (κ1) is 11.0. The molecule has 0 aliphatic rings. The highest BCUT2D eigenvalue weighted by molar-refractivity contribution is 4.57. The van der Waals surface area contributed by atoms with Gasteiger partial charge < -0.3 is 5.73 Å². The Morgan fingerprint density at radius 3 is 2.18 bits per heavy atom. The van der Waals surface area contributed by atoms with Crippen LogP contribution in [0.1, 0.15) is 52.4 Å². The lowest BCUT2D eigenvalue weighted by molar-refractivity contribution is 0.412. The molecular formula is C10H23N. The Kier molecular flexibility index (Phi) is 8.03. The van der Waals surface area contributed by atoms with Crippen LogP contribution in [0.15, 0.2) is 0 Å². The van der Waals surface area contributed by atoms with Crippen molar-refractivity contribution in [1.82, 2.24) is 0 Å². The molecule has 0 spiro atoms. The first-order chi connectivity index (χ1) is 5.35. The van der Waals surface area contributed by atoms with Crippen molar-refractivity contribution in [3.63, 3.8) is 0 Å². The van der Waals surface area contributed by atoms with Gasteiger partial charge in [0.25, 0.3) is 0 Å². The molecule has 0 aromatic carbocycles. The van der Waals surface area contributed by atoms with Gasteiger partial charge in [0.1, 0.15) is 0 Å². The van der Waals surface area contributed by atoms with Crippen molar-refractivity contribution >= 4 is 0 Å². The average Bonchev–Trinajstić information content (AvgIpc) is 2.05. The SMILES string of the molecule is CCCC[C@@H](CC)CCCN. The van der Waals surface area contributed by atoms with Crippen LogP contribution in [0.25, 0.3) is 0 Å². The molecule has 0 aliphatic heterocycles. The van der Waals surface area contributed by atoms with E-state index in [9.17, 15) is 0 Å². The Bertz CT molecular complexity index is 63.3. The predicted octanol–water partition coefficient (Wildman–Crippen LogP) is 2.94. The molecule has 11 heavy (non-hydrogen) atoms. The van der Waals surface area contributed by atoms with E-state index >= 15 is 0 Å². The third-order valence-corrected chi connectivity index (χ3v) is 2.36. The number of hydrogen-bond acceptors (Lipinski definition) is 1. The molecule has 1 atom stereocenters. The third-order valence-electron chi connectivity index (χ3n) is 2.36. The summed E-state index contributed by atoms with van der Waals surface area (Å²) in [6.45, 7) is 5.41. The topological polar surface area (TPSA) is 26.0 Å². The van der Waals surface area contributed by atoms with Crippen LogP contribution in [-0.2, 0) is 0 Å². The molecule has 0 rings (SSSR count). The van der Waals surface area contributed by atoms with Crippen molar-refractivity contribution < 1.29 is 0 Å². The van der Waals surface area contributed by atoms with Gasteiger partial charge in [0, 0.05) is 0 Å². The second-order valence-corrected chi connectivity index (χ2v) is 3.35. The van der Waals surface area contributed by atoms with Crippen LogP contribution in [0, 0.1) is 5.92 Å². The largest absolute Gasteiger partial charge is 0.330 e. The lowest BCUT2D eigenvalue weighted by Gasteiger charge is -2.12. The minimum Gasteiger partial charge on any atom is -0.330 e. The molecule has 0 fully saturated rings. The fraction of sp³-hybridized carbons (Fsp3) is 1.00. The zero-order valence-electron chi connectivity index (χ0n) is 8.10. The molecule has 0 saturated heterocycles. The van der Waals surface area contributed by atoms with E-state index in [1.54, 1.807) is 0 Å². The Morgan fingerprint density at radius 1 is 1.09 bits per heavy atom. The standard InChI is InChI=1S/C10H23N/c1-3-5-7-10(4-2)8-6-9-11/h10H,3-9,11H2,1-2H3/t10-/m1/s1. The Hall–Kier alpha value is -0.0400. The highest BCUT2D eigenvalue weighted by Gasteiger charge is 2.03. The van der Waals surface area contributed by atoms with Crippen molar-refractivity contribution in [3.8, 4) is 0 Å². The summed E-state index contributed by atoms with van der Waals surface area (Å²) in [5.41, 5.74) is 5.46. The molecular weight excluding hydrogens is 134 g/mol. The van der Waals surface area contributed by atoms with E-state index in [1.807, 2.05) is 0 Å². The average molecular weight is 157 g/mol. The van der Waals surface area contributed by atoms with E-state index in [4.69, 9.17) is 5.73 Å². The maximum atomic E-state index is 5.46. The van der Waals surface area contributed by atoms with Gasteiger partial charge in [-0.1, -0.05) is 39.5 Å². The zero-order chi connectivity index (χ0) is 8.53. The quantitative estimate of drug-likeness (QED) is 0.604. The summed E-state index contributed by atoms with van der Waals surface area (Å²) in [6.07, 6.45) is 8.02. The normalized spacial score (nSPS) is 13.4. The summed E-state index contributed by atoms with van der Waals surface area (Å²) in [6, 6.07) is 0. The summed E-state index contributed by atoms with van der Waals surface area (Å²) >= 11 is 0. The lowest BCUT2D eigenvalue weighted by atomic mass is 9.94. The number of hydrogen-bond donors (Lipinski definition) is 1. The van der Waals surface area contributed by atoms with Crippen molar-refractivity contribution in [2.75, 3.05) is 6.54 Å².